The first-order valence-electron chi connectivity index (χ1n) is 5.14. The predicted molar refractivity (Wildman–Crippen MR) is 61.9 cm³/mol. The second-order valence-electron chi connectivity index (χ2n) is 3.77. The topological polar surface area (TPSA) is 98.3 Å². The Morgan fingerprint density at radius 2 is 2.21 bits per heavy atom. The lowest BCUT2D eigenvalue weighted by atomic mass is 10.2. The van der Waals surface area contributed by atoms with E-state index in [1.54, 1.807) is 0 Å². The van der Waals surface area contributed by atoms with Crippen LogP contribution in [0.25, 0.3) is 5.69 Å². The van der Waals surface area contributed by atoms with Crippen LogP contribution >= 0.6 is 0 Å². The van der Waals surface area contributed by atoms with Gasteiger partial charge in [0.05, 0.1) is 16.7 Å². The molecule has 0 amide bonds. The first kappa shape index (κ1) is 12.7. The van der Waals surface area contributed by atoms with E-state index in [0.717, 1.165) is 23.0 Å². The molecule has 0 aliphatic heterocycles. The summed E-state index contributed by atoms with van der Waals surface area (Å²) in [7, 11) is 0. The maximum atomic E-state index is 13.7. The van der Waals surface area contributed by atoms with Crippen molar-refractivity contribution in [2.24, 2.45) is 0 Å². The standard InChI is InChI=1S/C11H8FN3O4/c1-6-8(11(16)17)5-14(13-6)10-3-2-7(15(18)19)4-9(10)12/h2-5H,1H3,(H,16,17). The number of carboxylic acids is 1. The average molecular weight is 265 g/mol. The number of aromatic carboxylic acids is 1. The summed E-state index contributed by atoms with van der Waals surface area (Å²) in [5.74, 6) is -2.03. The molecule has 19 heavy (non-hydrogen) atoms. The highest BCUT2D eigenvalue weighted by Crippen LogP contribution is 2.20. The molecule has 0 unspecified atom stereocenters. The van der Waals surface area contributed by atoms with Crippen molar-refractivity contribution in [1.29, 1.82) is 0 Å². The number of nitro groups is 1. The number of carbonyl (C=O) groups is 1. The molecule has 1 N–H and O–H groups in total. The van der Waals surface area contributed by atoms with E-state index in [1.807, 2.05) is 0 Å². The number of rotatable bonds is 3. The van der Waals surface area contributed by atoms with Gasteiger partial charge in [-0.3, -0.25) is 10.1 Å². The van der Waals surface area contributed by atoms with Crippen LogP contribution in [0.2, 0.25) is 0 Å². The molecule has 1 aromatic carbocycles. The molecule has 1 heterocycles. The van der Waals surface area contributed by atoms with E-state index in [9.17, 15) is 19.3 Å². The van der Waals surface area contributed by atoms with Crippen LogP contribution in [0.3, 0.4) is 0 Å². The maximum Gasteiger partial charge on any atom is 0.339 e. The molecule has 0 atom stereocenters. The number of hydrogen-bond acceptors (Lipinski definition) is 4. The molecular weight excluding hydrogens is 257 g/mol. The monoisotopic (exact) mass is 265 g/mol. The summed E-state index contributed by atoms with van der Waals surface area (Å²) in [4.78, 5) is 20.6. The molecule has 2 aromatic rings. The number of hydrogen-bond donors (Lipinski definition) is 1. The lowest BCUT2D eigenvalue weighted by Gasteiger charge is -2.02. The van der Waals surface area contributed by atoms with Gasteiger partial charge in [-0.05, 0) is 13.0 Å². The van der Waals surface area contributed by atoms with Crippen LogP contribution in [0.1, 0.15) is 16.1 Å². The van der Waals surface area contributed by atoms with Gasteiger partial charge in [-0.15, -0.1) is 0 Å². The van der Waals surface area contributed by atoms with Gasteiger partial charge in [-0.2, -0.15) is 5.10 Å². The zero-order chi connectivity index (χ0) is 14.2. The molecular formula is C11H8FN3O4. The number of carboxylic acid groups (broad SMARTS) is 1. The maximum absolute atomic E-state index is 13.7. The van der Waals surface area contributed by atoms with E-state index in [2.05, 4.69) is 5.10 Å². The molecule has 98 valence electrons. The SMILES string of the molecule is Cc1nn(-c2ccc([N+](=O)[O-])cc2F)cc1C(=O)O. The lowest BCUT2D eigenvalue weighted by Crippen LogP contribution is -2.00. The van der Waals surface area contributed by atoms with Gasteiger partial charge in [0.1, 0.15) is 11.3 Å². The van der Waals surface area contributed by atoms with Crippen molar-refractivity contribution in [3.8, 4) is 5.69 Å². The zero-order valence-corrected chi connectivity index (χ0v) is 9.70. The zero-order valence-electron chi connectivity index (χ0n) is 9.70. The van der Waals surface area contributed by atoms with Crippen LogP contribution < -0.4 is 0 Å². The van der Waals surface area contributed by atoms with Crippen molar-refractivity contribution in [3.63, 3.8) is 0 Å². The van der Waals surface area contributed by atoms with Crippen molar-refractivity contribution in [2.45, 2.75) is 6.92 Å². The van der Waals surface area contributed by atoms with Crippen LogP contribution in [0, 0.1) is 22.9 Å². The summed E-state index contributed by atoms with van der Waals surface area (Å²) < 4.78 is 14.8. The highest BCUT2D eigenvalue weighted by atomic mass is 19.1. The van der Waals surface area contributed by atoms with Gasteiger partial charge in [0.25, 0.3) is 5.69 Å². The van der Waals surface area contributed by atoms with Crippen molar-refractivity contribution in [1.82, 2.24) is 9.78 Å². The second kappa shape index (κ2) is 4.48. The first-order chi connectivity index (χ1) is 8.90. The van der Waals surface area contributed by atoms with Gasteiger partial charge in [0.15, 0.2) is 5.82 Å². The molecule has 0 saturated carbocycles. The van der Waals surface area contributed by atoms with Gasteiger partial charge < -0.3 is 5.11 Å². The summed E-state index contributed by atoms with van der Waals surface area (Å²) in [6.45, 7) is 1.48. The minimum Gasteiger partial charge on any atom is -0.478 e. The minimum absolute atomic E-state index is 0.0544. The van der Waals surface area contributed by atoms with E-state index in [4.69, 9.17) is 5.11 Å². The first-order valence-corrected chi connectivity index (χ1v) is 5.14. The molecule has 0 aliphatic rings. The predicted octanol–water partition coefficient (Wildman–Crippen LogP) is 1.93. The molecule has 0 spiro atoms. The van der Waals surface area contributed by atoms with Crippen molar-refractivity contribution in [2.75, 3.05) is 0 Å². The Bertz CT molecular complexity index is 681. The Balaban J connectivity index is 2.50. The Morgan fingerprint density at radius 3 is 2.68 bits per heavy atom. The van der Waals surface area contributed by atoms with Crippen molar-refractivity contribution < 1.29 is 19.2 Å². The molecule has 7 nitrogen and oxygen atoms in total. The molecule has 8 heteroatoms. The fourth-order valence-electron chi connectivity index (χ4n) is 1.59. The highest BCUT2D eigenvalue weighted by molar-refractivity contribution is 5.88. The molecule has 0 saturated heterocycles. The van der Waals surface area contributed by atoms with Crippen LogP contribution in [0.15, 0.2) is 24.4 Å². The third kappa shape index (κ3) is 2.28. The number of nitro benzene ring substituents is 1. The fraction of sp³-hybridized carbons (Fsp3) is 0.0909. The van der Waals surface area contributed by atoms with Crippen LogP contribution in [-0.4, -0.2) is 25.8 Å². The fourth-order valence-corrected chi connectivity index (χ4v) is 1.59. The van der Waals surface area contributed by atoms with E-state index in [-0.39, 0.29) is 22.6 Å². The normalized spacial score (nSPS) is 10.4. The molecule has 2 rings (SSSR count). The Kier molecular flexibility index (Phi) is 2.99. The summed E-state index contributed by atoms with van der Waals surface area (Å²) in [6.07, 6.45) is 1.15. The third-order valence-electron chi connectivity index (χ3n) is 2.52. The third-order valence-corrected chi connectivity index (χ3v) is 2.52. The summed E-state index contributed by atoms with van der Waals surface area (Å²) >= 11 is 0. The van der Waals surface area contributed by atoms with Gasteiger partial charge in [0, 0.05) is 12.3 Å². The quantitative estimate of drug-likeness (QED) is 0.675. The number of benzene rings is 1. The van der Waals surface area contributed by atoms with Gasteiger partial charge in [-0.1, -0.05) is 0 Å². The number of nitrogens with zero attached hydrogens (tertiary/aromatic N) is 3. The Hall–Kier alpha value is -2.77. The lowest BCUT2D eigenvalue weighted by molar-refractivity contribution is -0.385. The Labute approximate surface area is 106 Å². The average Bonchev–Trinajstić information content (AvgIpc) is 2.71. The molecule has 0 radical (unpaired) electrons. The van der Waals surface area contributed by atoms with Crippen molar-refractivity contribution >= 4 is 11.7 Å². The number of aryl methyl sites for hydroxylation is 1. The number of aromatic nitrogens is 2. The van der Waals surface area contributed by atoms with Crippen LogP contribution in [0.5, 0.6) is 0 Å². The van der Waals surface area contributed by atoms with Gasteiger partial charge in [0.2, 0.25) is 0 Å². The summed E-state index contributed by atoms with van der Waals surface area (Å²) in [6, 6.07) is 3.05. The van der Waals surface area contributed by atoms with Crippen molar-refractivity contribution in [3.05, 3.63) is 51.6 Å². The largest absolute Gasteiger partial charge is 0.478 e. The Morgan fingerprint density at radius 1 is 1.53 bits per heavy atom. The number of non-ortho nitro benzene ring substituents is 1. The summed E-state index contributed by atoms with van der Waals surface area (Å²) in [5.41, 5.74) is -0.271. The van der Waals surface area contributed by atoms with E-state index < -0.39 is 16.7 Å². The molecule has 0 bridgehead atoms. The van der Waals surface area contributed by atoms with Crippen LogP contribution in [0.4, 0.5) is 10.1 Å². The van der Waals surface area contributed by atoms with E-state index in [1.165, 1.54) is 13.0 Å². The van der Waals surface area contributed by atoms with E-state index in [0.29, 0.717) is 0 Å². The smallest absolute Gasteiger partial charge is 0.339 e. The number of halogens is 1. The van der Waals surface area contributed by atoms with Gasteiger partial charge in [-0.25, -0.2) is 13.9 Å². The van der Waals surface area contributed by atoms with Crippen LogP contribution in [-0.2, 0) is 0 Å². The highest BCUT2D eigenvalue weighted by Gasteiger charge is 2.16. The molecule has 0 aliphatic carbocycles. The summed E-state index contributed by atoms with van der Waals surface area (Å²) in [5, 5.41) is 23.2. The molecule has 1 aromatic heterocycles. The molecule has 0 fully saturated rings. The van der Waals surface area contributed by atoms with E-state index >= 15 is 0 Å². The second-order valence-corrected chi connectivity index (χ2v) is 3.77. The minimum atomic E-state index is -1.17. The van der Waals surface area contributed by atoms with Gasteiger partial charge >= 0.3 is 5.97 Å².